The second kappa shape index (κ2) is 6.63. The minimum atomic E-state index is 0.109. The first-order valence-electron chi connectivity index (χ1n) is 7.69. The Labute approximate surface area is 131 Å². The fourth-order valence-electron chi connectivity index (χ4n) is 2.91. The van der Waals surface area contributed by atoms with Crippen LogP contribution in [0.15, 0.2) is 30.3 Å². The summed E-state index contributed by atoms with van der Waals surface area (Å²) >= 11 is 5.85. The van der Waals surface area contributed by atoms with Crippen LogP contribution in [0.2, 0.25) is 5.02 Å². The third-order valence-electron chi connectivity index (χ3n) is 4.51. The molecule has 1 aromatic rings. The van der Waals surface area contributed by atoms with Gasteiger partial charge < -0.3 is 4.90 Å². The molecule has 1 aliphatic carbocycles. The van der Waals surface area contributed by atoms with Crippen molar-refractivity contribution in [3.8, 4) is 0 Å². The van der Waals surface area contributed by atoms with Crippen LogP contribution in [0.1, 0.15) is 24.8 Å². The third kappa shape index (κ3) is 3.66. The van der Waals surface area contributed by atoms with E-state index in [4.69, 9.17) is 11.6 Å². The summed E-state index contributed by atoms with van der Waals surface area (Å²) in [6, 6.07) is 8.29. The average molecular weight is 305 g/mol. The summed E-state index contributed by atoms with van der Waals surface area (Å²) in [6.45, 7) is 3.73. The van der Waals surface area contributed by atoms with E-state index in [9.17, 15) is 4.79 Å². The van der Waals surface area contributed by atoms with Crippen molar-refractivity contribution in [2.45, 2.75) is 25.3 Å². The number of hydrogen-bond donors (Lipinski definition) is 0. The summed E-state index contributed by atoms with van der Waals surface area (Å²) in [5, 5.41) is 0.714. The molecule has 2 aliphatic rings. The molecule has 1 amide bonds. The van der Waals surface area contributed by atoms with Gasteiger partial charge in [-0.25, -0.2) is 0 Å². The van der Waals surface area contributed by atoms with Gasteiger partial charge in [-0.05, 0) is 36.6 Å². The summed E-state index contributed by atoms with van der Waals surface area (Å²) in [5.41, 5.74) is 1.00. The number of nitrogens with zero attached hydrogens (tertiary/aromatic N) is 2. The lowest BCUT2D eigenvalue weighted by Gasteiger charge is -2.42. The Balaban J connectivity index is 1.50. The topological polar surface area (TPSA) is 23.6 Å². The quantitative estimate of drug-likeness (QED) is 0.801. The molecule has 0 unspecified atom stereocenters. The second-order valence-corrected chi connectivity index (χ2v) is 6.27. The van der Waals surface area contributed by atoms with Crippen LogP contribution in [0.5, 0.6) is 0 Å². The molecule has 1 aromatic carbocycles. The Morgan fingerprint density at radius 2 is 1.76 bits per heavy atom. The zero-order chi connectivity index (χ0) is 14.7. The Morgan fingerprint density at radius 3 is 2.33 bits per heavy atom. The standard InChI is InChI=1S/C17H21ClN2O/c18-15-7-4-14(5-8-15)6-9-17(21)20-12-10-19(11-13-20)16-2-1-3-16/h4-9,16H,1-3,10-13H2/b9-6+. The smallest absolute Gasteiger partial charge is 0.246 e. The molecular weight excluding hydrogens is 284 g/mol. The lowest BCUT2D eigenvalue weighted by atomic mass is 9.91. The van der Waals surface area contributed by atoms with Gasteiger partial charge in [-0.2, -0.15) is 0 Å². The van der Waals surface area contributed by atoms with Crippen molar-refractivity contribution in [3.05, 3.63) is 40.9 Å². The van der Waals surface area contributed by atoms with Gasteiger partial charge in [-0.15, -0.1) is 0 Å². The Bertz CT molecular complexity index is 514. The van der Waals surface area contributed by atoms with Gasteiger partial charge in [-0.1, -0.05) is 30.2 Å². The second-order valence-electron chi connectivity index (χ2n) is 5.83. The maximum Gasteiger partial charge on any atom is 0.246 e. The highest BCUT2D eigenvalue weighted by Crippen LogP contribution is 2.25. The molecule has 0 spiro atoms. The summed E-state index contributed by atoms with van der Waals surface area (Å²) in [5.74, 6) is 0.109. The Kier molecular flexibility index (Phi) is 4.61. The monoisotopic (exact) mass is 304 g/mol. The number of hydrogen-bond acceptors (Lipinski definition) is 2. The number of piperazine rings is 1. The lowest BCUT2D eigenvalue weighted by Crippen LogP contribution is -2.53. The van der Waals surface area contributed by atoms with Crippen molar-refractivity contribution in [2.75, 3.05) is 26.2 Å². The molecule has 1 saturated carbocycles. The third-order valence-corrected chi connectivity index (χ3v) is 4.76. The van der Waals surface area contributed by atoms with Crippen molar-refractivity contribution in [1.29, 1.82) is 0 Å². The van der Waals surface area contributed by atoms with E-state index in [1.165, 1.54) is 19.3 Å². The number of halogens is 1. The molecule has 0 aromatic heterocycles. The van der Waals surface area contributed by atoms with Gasteiger partial charge in [0.1, 0.15) is 0 Å². The highest BCUT2D eigenvalue weighted by Gasteiger charge is 2.28. The number of amides is 1. The molecule has 21 heavy (non-hydrogen) atoms. The van der Waals surface area contributed by atoms with Gasteiger partial charge in [-0.3, -0.25) is 9.69 Å². The van der Waals surface area contributed by atoms with Crippen LogP contribution in [0.3, 0.4) is 0 Å². The van der Waals surface area contributed by atoms with Crippen LogP contribution in [-0.4, -0.2) is 47.9 Å². The van der Waals surface area contributed by atoms with E-state index in [-0.39, 0.29) is 5.91 Å². The molecule has 1 saturated heterocycles. The molecule has 4 heteroatoms. The molecular formula is C17H21ClN2O. The number of carbonyl (C=O) groups is 1. The highest BCUT2D eigenvalue weighted by molar-refractivity contribution is 6.30. The lowest BCUT2D eigenvalue weighted by molar-refractivity contribution is -0.128. The van der Waals surface area contributed by atoms with Crippen molar-refractivity contribution < 1.29 is 4.79 Å². The first-order chi connectivity index (χ1) is 10.2. The zero-order valence-corrected chi connectivity index (χ0v) is 12.9. The summed E-state index contributed by atoms with van der Waals surface area (Å²) in [6.07, 6.45) is 7.57. The van der Waals surface area contributed by atoms with E-state index in [0.717, 1.165) is 37.8 Å². The maximum absolute atomic E-state index is 12.2. The SMILES string of the molecule is O=C(/C=C/c1ccc(Cl)cc1)N1CCN(C2CCC2)CC1. The van der Waals surface area contributed by atoms with E-state index in [1.54, 1.807) is 6.08 Å². The number of carbonyl (C=O) groups excluding carboxylic acids is 1. The number of rotatable bonds is 3. The maximum atomic E-state index is 12.2. The summed E-state index contributed by atoms with van der Waals surface area (Å²) in [7, 11) is 0. The van der Waals surface area contributed by atoms with Gasteiger partial charge in [0.25, 0.3) is 0 Å². The molecule has 3 nitrogen and oxygen atoms in total. The van der Waals surface area contributed by atoms with E-state index < -0.39 is 0 Å². The van der Waals surface area contributed by atoms with Gasteiger partial charge in [0.2, 0.25) is 5.91 Å². The minimum Gasteiger partial charge on any atom is -0.337 e. The van der Waals surface area contributed by atoms with E-state index in [2.05, 4.69) is 4.90 Å². The molecule has 1 heterocycles. The van der Waals surface area contributed by atoms with Crippen molar-refractivity contribution in [1.82, 2.24) is 9.80 Å². The van der Waals surface area contributed by atoms with Crippen LogP contribution in [0, 0.1) is 0 Å². The van der Waals surface area contributed by atoms with Gasteiger partial charge in [0.15, 0.2) is 0 Å². The fourth-order valence-corrected chi connectivity index (χ4v) is 3.03. The molecule has 0 atom stereocenters. The Morgan fingerprint density at radius 1 is 1.10 bits per heavy atom. The minimum absolute atomic E-state index is 0.109. The number of benzene rings is 1. The summed E-state index contributed by atoms with van der Waals surface area (Å²) < 4.78 is 0. The molecule has 2 fully saturated rings. The molecule has 3 rings (SSSR count). The predicted molar refractivity (Wildman–Crippen MR) is 86.3 cm³/mol. The van der Waals surface area contributed by atoms with Crippen LogP contribution < -0.4 is 0 Å². The molecule has 112 valence electrons. The van der Waals surface area contributed by atoms with Gasteiger partial charge in [0.05, 0.1) is 0 Å². The van der Waals surface area contributed by atoms with Crippen LogP contribution in [0.25, 0.3) is 6.08 Å². The van der Waals surface area contributed by atoms with E-state index >= 15 is 0 Å². The van der Waals surface area contributed by atoms with Crippen LogP contribution >= 0.6 is 11.6 Å². The van der Waals surface area contributed by atoms with Crippen LogP contribution in [-0.2, 0) is 4.79 Å². The van der Waals surface area contributed by atoms with Crippen molar-refractivity contribution in [3.63, 3.8) is 0 Å². The van der Waals surface area contributed by atoms with E-state index in [0.29, 0.717) is 5.02 Å². The fraction of sp³-hybridized carbons (Fsp3) is 0.471. The van der Waals surface area contributed by atoms with Crippen molar-refractivity contribution >= 4 is 23.6 Å². The zero-order valence-electron chi connectivity index (χ0n) is 12.2. The molecule has 1 aliphatic heterocycles. The Hall–Kier alpha value is -1.32. The van der Waals surface area contributed by atoms with E-state index in [1.807, 2.05) is 35.2 Å². The normalized spacial score (nSPS) is 20.7. The largest absolute Gasteiger partial charge is 0.337 e. The molecule has 0 N–H and O–H groups in total. The van der Waals surface area contributed by atoms with Crippen LogP contribution in [0.4, 0.5) is 0 Å². The molecule has 0 bridgehead atoms. The highest BCUT2D eigenvalue weighted by atomic mass is 35.5. The predicted octanol–water partition coefficient (Wildman–Crippen LogP) is 3.05. The first kappa shape index (κ1) is 14.6. The molecule has 0 radical (unpaired) electrons. The van der Waals surface area contributed by atoms with Gasteiger partial charge >= 0.3 is 0 Å². The average Bonchev–Trinajstić information content (AvgIpc) is 2.45. The first-order valence-corrected chi connectivity index (χ1v) is 8.07. The summed E-state index contributed by atoms with van der Waals surface area (Å²) in [4.78, 5) is 16.7. The van der Waals surface area contributed by atoms with Crippen molar-refractivity contribution in [2.24, 2.45) is 0 Å². The van der Waals surface area contributed by atoms with Gasteiger partial charge in [0, 0.05) is 43.3 Å².